The number of thiol groups is 1. The number of carbonyl (C=O) groups is 1. The van der Waals surface area contributed by atoms with Crippen LogP contribution in [0.15, 0.2) is 17.8 Å². The minimum Gasteiger partial charge on any atom is -0.446 e. The second-order valence-electron chi connectivity index (χ2n) is 4.19. The van der Waals surface area contributed by atoms with E-state index >= 15 is 0 Å². The van der Waals surface area contributed by atoms with Crippen LogP contribution in [-0.4, -0.2) is 53.3 Å². The number of rotatable bonds is 3. The van der Waals surface area contributed by atoms with E-state index in [9.17, 15) is 4.79 Å². The van der Waals surface area contributed by atoms with Gasteiger partial charge in [0.05, 0.1) is 0 Å². The number of piperazine rings is 1. The van der Waals surface area contributed by atoms with Gasteiger partial charge < -0.3 is 14.5 Å². The van der Waals surface area contributed by atoms with Crippen LogP contribution in [0.3, 0.4) is 0 Å². The van der Waals surface area contributed by atoms with Crippen LogP contribution in [0.25, 0.3) is 0 Å². The molecule has 1 aliphatic heterocycles. The van der Waals surface area contributed by atoms with E-state index in [1.165, 1.54) is 6.20 Å². The Labute approximate surface area is 114 Å². The van der Waals surface area contributed by atoms with E-state index in [0.717, 1.165) is 6.42 Å². The molecule has 1 amide bonds. The lowest BCUT2D eigenvalue weighted by Crippen LogP contribution is -2.50. The third-order valence-electron chi connectivity index (χ3n) is 2.90. The maximum Gasteiger partial charge on any atom is 0.410 e. The summed E-state index contributed by atoms with van der Waals surface area (Å²) in [6, 6.07) is 0. The van der Waals surface area contributed by atoms with Gasteiger partial charge in [-0.3, -0.25) is 0 Å². The smallest absolute Gasteiger partial charge is 0.410 e. The first-order valence-electron chi connectivity index (χ1n) is 6.16. The second kappa shape index (κ2) is 7.31. The van der Waals surface area contributed by atoms with Gasteiger partial charge in [0.1, 0.15) is 6.10 Å². The Bertz CT molecular complexity index is 325. The van der Waals surface area contributed by atoms with E-state index in [1.807, 2.05) is 18.7 Å². The quantitative estimate of drug-likeness (QED) is 0.485. The van der Waals surface area contributed by atoms with Gasteiger partial charge in [0.25, 0.3) is 0 Å². The van der Waals surface area contributed by atoms with Crippen molar-refractivity contribution < 1.29 is 9.53 Å². The number of carbonyl (C=O) groups excluding carboxylic acids is 1. The molecule has 6 heteroatoms. The lowest BCUT2D eigenvalue weighted by atomic mass is 10.3. The number of hydrogen-bond donors (Lipinski definition) is 1. The molecule has 0 aliphatic carbocycles. The van der Waals surface area contributed by atoms with Gasteiger partial charge in [0, 0.05) is 32.4 Å². The van der Waals surface area contributed by atoms with Crippen LogP contribution in [0, 0.1) is 0 Å². The molecule has 0 saturated carbocycles. The van der Waals surface area contributed by atoms with Crippen molar-refractivity contribution in [3.8, 4) is 0 Å². The molecule has 1 fully saturated rings. The summed E-state index contributed by atoms with van der Waals surface area (Å²) in [6.07, 6.45) is 2.04. The van der Waals surface area contributed by atoms with Crippen LogP contribution < -0.4 is 0 Å². The molecule has 1 atom stereocenters. The summed E-state index contributed by atoms with van der Waals surface area (Å²) in [5.74, 6) is 0. The van der Waals surface area contributed by atoms with Crippen LogP contribution in [0.1, 0.15) is 20.3 Å². The van der Waals surface area contributed by atoms with Gasteiger partial charge in [0.15, 0.2) is 5.17 Å². The summed E-state index contributed by atoms with van der Waals surface area (Å²) in [4.78, 5) is 19.5. The van der Waals surface area contributed by atoms with Crippen molar-refractivity contribution in [2.24, 2.45) is 4.99 Å². The number of hydrogen-bond acceptors (Lipinski definition) is 3. The van der Waals surface area contributed by atoms with Crippen molar-refractivity contribution in [2.75, 3.05) is 26.2 Å². The molecule has 0 spiro atoms. The molecule has 1 unspecified atom stereocenters. The summed E-state index contributed by atoms with van der Waals surface area (Å²) in [5.41, 5.74) is 0. The Morgan fingerprint density at radius 3 is 2.50 bits per heavy atom. The van der Waals surface area contributed by atoms with E-state index in [-0.39, 0.29) is 12.2 Å². The van der Waals surface area contributed by atoms with Gasteiger partial charge in [-0.05, 0) is 13.3 Å². The molecular weight excluding hydrogens is 250 g/mol. The highest BCUT2D eigenvalue weighted by Crippen LogP contribution is 2.08. The maximum absolute atomic E-state index is 11.8. The molecular formula is C12H21N3O2S. The number of amides is 1. The second-order valence-corrected chi connectivity index (χ2v) is 4.59. The summed E-state index contributed by atoms with van der Waals surface area (Å²) in [7, 11) is 0. The summed E-state index contributed by atoms with van der Waals surface area (Å²) < 4.78 is 5.29. The molecule has 1 saturated heterocycles. The normalized spacial score (nSPS) is 18.5. The molecule has 1 heterocycles. The number of amidine groups is 1. The molecule has 0 N–H and O–H groups in total. The monoisotopic (exact) mass is 271 g/mol. The summed E-state index contributed by atoms with van der Waals surface area (Å²) in [5, 5.41) is 0.639. The van der Waals surface area contributed by atoms with E-state index in [1.54, 1.807) is 4.90 Å². The molecule has 0 bridgehead atoms. The number of nitrogens with zero attached hydrogens (tertiary/aromatic N) is 3. The Balaban J connectivity index is 2.41. The third-order valence-corrected chi connectivity index (χ3v) is 3.30. The maximum atomic E-state index is 11.8. The molecule has 0 aromatic carbocycles. The van der Waals surface area contributed by atoms with E-state index in [0.29, 0.717) is 31.3 Å². The zero-order valence-corrected chi connectivity index (χ0v) is 11.9. The zero-order chi connectivity index (χ0) is 13.5. The Hall–Kier alpha value is -1.17. The topological polar surface area (TPSA) is 45.1 Å². The van der Waals surface area contributed by atoms with Crippen LogP contribution in [0.5, 0.6) is 0 Å². The fourth-order valence-corrected chi connectivity index (χ4v) is 1.86. The molecule has 0 aromatic rings. The summed E-state index contributed by atoms with van der Waals surface area (Å²) >= 11 is 4.28. The first kappa shape index (κ1) is 14.9. The van der Waals surface area contributed by atoms with Crippen molar-refractivity contribution in [3.63, 3.8) is 0 Å². The summed E-state index contributed by atoms with van der Waals surface area (Å²) in [6.45, 7) is 10.1. The minimum atomic E-state index is -0.231. The van der Waals surface area contributed by atoms with Crippen LogP contribution in [0.4, 0.5) is 4.79 Å². The Morgan fingerprint density at radius 1 is 1.44 bits per heavy atom. The average Bonchev–Trinajstić information content (AvgIpc) is 2.39. The molecule has 5 nitrogen and oxygen atoms in total. The highest BCUT2D eigenvalue weighted by atomic mass is 32.1. The molecule has 0 aromatic heterocycles. The fourth-order valence-electron chi connectivity index (χ4n) is 1.58. The lowest BCUT2D eigenvalue weighted by Gasteiger charge is -2.35. The first-order valence-corrected chi connectivity index (χ1v) is 6.61. The lowest BCUT2D eigenvalue weighted by molar-refractivity contribution is 0.0586. The van der Waals surface area contributed by atoms with Crippen LogP contribution >= 0.6 is 12.6 Å². The molecule has 102 valence electrons. The average molecular weight is 271 g/mol. The predicted octanol–water partition coefficient (Wildman–Crippen LogP) is 1.97. The number of ether oxygens (including phenoxy) is 1. The van der Waals surface area contributed by atoms with Crippen molar-refractivity contribution in [1.29, 1.82) is 0 Å². The standard InChI is InChI=1S/C12H21N3O2S/c1-4-10(3)17-12(16)15-8-6-14(7-9-15)11(18)13-5-2/h5,10H,2,4,6-9H2,1,3H3,(H,13,18). The predicted molar refractivity (Wildman–Crippen MR) is 76.0 cm³/mol. The SMILES string of the molecule is C=C/N=C(\S)N1CCN(C(=O)OC(C)CC)CC1. The van der Waals surface area contributed by atoms with Gasteiger partial charge in [-0.15, -0.1) is 12.6 Å². The van der Waals surface area contributed by atoms with Crippen molar-refractivity contribution in [2.45, 2.75) is 26.4 Å². The Kier molecular flexibility index (Phi) is 6.04. The highest BCUT2D eigenvalue weighted by Gasteiger charge is 2.23. The molecule has 1 aliphatic rings. The first-order chi connectivity index (χ1) is 8.58. The molecule has 0 radical (unpaired) electrons. The highest BCUT2D eigenvalue weighted by molar-refractivity contribution is 7.96. The van der Waals surface area contributed by atoms with Crippen molar-refractivity contribution in [3.05, 3.63) is 12.8 Å². The third kappa shape index (κ3) is 4.25. The van der Waals surface area contributed by atoms with Crippen molar-refractivity contribution in [1.82, 2.24) is 9.80 Å². The van der Waals surface area contributed by atoms with E-state index in [4.69, 9.17) is 4.74 Å². The zero-order valence-electron chi connectivity index (χ0n) is 11.0. The van der Waals surface area contributed by atoms with Crippen LogP contribution in [0.2, 0.25) is 0 Å². The fraction of sp³-hybridized carbons (Fsp3) is 0.667. The number of aliphatic imine (C=N–C) groups is 1. The van der Waals surface area contributed by atoms with Crippen molar-refractivity contribution >= 4 is 23.9 Å². The van der Waals surface area contributed by atoms with E-state index < -0.39 is 0 Å². The minimum absolute atomic E-state index is 0.0294. The van der Waals surface area contributed by atoms with Gasteiger partial charge >= 0.3 is 6.09 Å². The van der Waals surface area contributed by atoms with Gasteiger partial charge in [-0.1, -0.05) is 13.5 Å². The van der Waals surface area contributed by atoms with Gasteiger partial charge in [0.2, 0.25) is 0 Å². The van der Waals surface area contributed by atoms with Gasteiger partial charge in [-0.2, -0.15) is 0 Å². The van der Waals surface area contributed by atoms with Gasteiger partial charge in [-0.25, -0.2) is 9.79 Å². The van der Waals surface area contributed by atoms with Crippen LogP contribution in [-0.2, 0) is 4.74 Å². The Morgan fingerprint density at radius 2 is 2.00 bits per heavy atom. The molecule has 1 rings (SSSR count). The van der Waals surface area contributed by atoms with E-state index in [2.05, 4.69) is 24.2 Å². The molecule has 18 heavy (non-hydrogen) atoms. The largest absolute Gasteiger partial charge is 0.446 e.